The van der Waals surface area contributed by atoms with Gasteiger partial charge in [-0.25, -0.2) is 4.79 Å². The van der Waals surface area contributed by atoms with Crippen molar-refractivity contribution in [2.75, 3.05) is 14.2 Å². The Kier molecular flexibility index (Phi) is 5.22. The maximum absolute atomic E-state index is 12.2. The normalized spacial score (nSPS) is 10.3. The molecule has 1 heterocycles. The Labute approximate surface area is 133 Å². The van der Waals surface area contributed by atoms with Gasteiger partial charge >= 0.3 is 5.97 Å². The molecule has 0 aliphatic heterocycles. The summed E-state index contributed by atoms with van der Waals surface area (Å²) in [6.07, 6.45) is 0. The summed E-state index contributed by atoms with van der Waals surface area (Å²) in [4.78, 5) is 25.1. The van der Waals surface area contributed by atoms with Crippen LogP contribution < -0.4 is 0 Å². The molecule has 0 saturated heterocycles. The number of methoxy groups -OCH3 is 1. The third-order valence-electron chi connectivity index (χ3n) is 3.15. The van der Waals surface area contributed by atoms with E-state index in [1.54, 1.807) is 43.4 Å². The van der Waals surface area contributed by atoms with Crippen molar-refractivity contribution >= 4 is 23.5 Å². The summed E-state index contributed by atoms with van der Waals surface area (Å²) in [5.41, 5.74) is 1.37. The van der Waals surface area contributed by atoms with Gasteiger partial charge in [-0.2, -0.15) is 0 Å². The molecule has 1 aromatic carbocycles. The van der Waals surface area contributed by atoms with Crippen LogP contribution in [0, 0.1) is 0 Å². The minimum atomic E-state index is -0.389. The first-order chi connectivity index (χ1) is 10.5. The summed E-state index contributed by atoms with van der Waals surface area (Å²) >= 11 is 5.65. The summed E-state index contributed by atoms with van der Waals surface area (Å²) in [6.45, 7) is 0.400. The molecule has 116 valence electrons. The monoisotopic (exact) mass is 321 g/mol. The maximum Gasteiger partial charge on any atom is 0.337 e. The second kappa shape index (κ2) is 7.13. The summed E-state index contributed by atoms with van der Waals surface area (Å²) in [7, 11) is 3.01. The number of hydrogen-bond donors (Lipinski definition) is 0. The van der Waals surface area contributed by atoms with Gasteiger partial charge in [0.05, 0.1) is 18.6 Å². The molecule has 0 aliphatic rings. The SMILES string of the molecule is COC(=O)c1ccc(CN(C)C(=O)c2ccc(CCl)o2)cc1. The van der Waals surface area contributed by atoms with E-state index in [4.69, 9.17) is 16.0 Å². The lowest BCUT2D eigenvalue weighted by atomic mass is 10.1. The fraction of sp³-hybridized carbons (Fsp3) is 0.250. The number of carbonyl (C=O) groups is 2. The number of furan rings is 1. The van der Waals surface area contributed by atoms with Crippen LogP contribution in [0.2, 0.25) is 0 Å². The summed E-state index contributed by atoms with van der Waals surface area (Å²) < 4.78 is 9.97. The third-order valence-corrected chi connectivity index (χ3v) is 3.41. The quantitative estimate of drug-likeness (QED) is 0.627. The molecule has 6 heteroatoms. The number of esters is 1. The van der Waals surface area contributed by atoms with E-state index in [9.17, 15) is 9.59 Å². The van der Waals surface area contributed by atoms with Gasteiger partial charge in [0.2, 0.25) is 0 Å². The van der Waals surface area contributed by atoms with Crippen LogP contribution in [0.25, 0.3) is 0 Å². The molecule has 0 aliphatic carbocycles. The van der Waals surface area contributed by atoms with Gasteiger partial charge in [0, 0.05) is 13.6 Å². The van der Waals surface area contributed by atoms with Gasteiger partial charge in [0.15, 0.2) is 5.76 Å². The number of nitrogens with zero attached hydrogens (tertiary/aromatic N) is 1. The molecule has 0 unspecified atom stereocenters. The van der Waals surface area contributed by atoms with Gasteiger partial charge in [-0.3, -0.25) is 4.79 Å². The summed E-state index contributed by atoms with van der Waals surface area (Å²) in [5.74, 6) is 0.421. The van der Waals surface area contributed by atoms with Crippen molar-refractivity contribution in [3.05, 3.63) is 59.0 Å². The van der Waals surface area contributed by atoms with E-state index in [2.05, 4.69) is 4.74 Å². The van der Waals surface area contributed by atoms with Crippen LogP contribution in [0.15, 0.2) is 40.8 Å². The van der Waals surface area contributed by atoms with Crippen LogP contribution in [-0.2, 0) is 17.2 Å². The Morgan fingerprint density at radius 2 is 1.86 bits per heavy atom. The largest absolute Gasteiger partial charge is 0.465 e. The molecule has 2 aromatic rings. The predicted molar refractivity (Wildman–Crippen MR) is 81.8 cm³/mol. The van der Waals surface area contributed by atoms with E-state index in [0.29, 0.717) is 17.9 Å². The van der Waals surface area contributed by atoms with Crippen molar-refractivity contribution in [3.8, 4) is 0 Å². The second-order valence-electron chi connectivity index (χ2n) is 4.75. The fourth-order valence-corrected chi connectivity index (χ4v) is 2.11. The number of halogens is 1. The molecule has 5 nitrogen and oxygen atoms in total. The van der Waals surface area contributed by atoms with Crippen molar-refractivity contribution < 1.29 is 18.7 Å². The Balaban J connectivity index is 2.03. The summed E-state index contributed by atoms with van der Waals surface area (Å²) in [6, 6.07) is 10.2. The second-order valence-corrected chi connectivity index (χ2v) is 5.02. The first kappa shape index (κ1) is 16.1. The number of alkyl halides is 1. The Hall–Kier alpha value is -2.27. The Morgan fingerprint density at radius 3 is 2.41 bits per heavy atom. The highest BCUT2D eigenvalue weighted by molar-refractivity contribution is 6.16. The highest BCUT2D eigenvalue weighted by atomic mass is 35.5. The molecule has 22 heavy (non-hydrogen) atoms. The van der Waals surface area contributed by atoms with Crippen LogP contribution >= 0.6 is 11.6 Å². The summed E-state index contributed by atoms with van der Waals surface area (Å²) in [5, 5.41) is 0. The maximum atomic E-state index is 12.2. The Morgan fingerprint density at radius 1 is 1.18 bits per heavy atom. The van der Waals surface area contributed by atoms with Gasteiger partial charge in [-0.15, -0.1) is 11.6 Å². The van der Waals surface area contributed by atoms with Crippen molar-refractivity contribution in [3.63, 3.8) is 0 Å². The number of hydrogen-bond acceptors (Lipinski definition) is 4. The van der Waals surface area contributed by atoms with E-state index in [1.807, 2.05) is 0 Å². The molecule has 0 fully saturated rings. The molecule has 0 atom stereocenters. The van der Waals surface area contributed by atoms with Crippen molar-refractivity contribution in [2.45, 2.75) is 12.4 Å². The van der Waals surface area contributed by atoms with Crippen molar-refractivity contribution in [1.82, 2.24) is 4.90 Å². The van der Waals surface area contributed by atoms with Gasteiger partial charge in [-0.1, -0.05) is 12.1 Å². The molecular formula is C16H16ClNO4. The highest BCUT2D eigenvalue weighted by Crippen LogP contribution is 2.14. The predicted octanol–water partition coefficient (Wildman–Crippen LogP) is 3.08. The van der Waals surface area contributed by atoms with Crippen LogP contribution in [0.3, 0.4) is 0 Å². The van der Waals surface area contributed by atoms with Crippen LogP contribution in [-0.4, -0.2) is 30.9 Å². The van der Waals surface area contributed by atoms with Crippen LogP contribution in [0.4, 0.5) is 0 Å². The molecule has 0 spiro atoms. The van der Waals surface area contributed by atoms with Gasteiger partial charge in [-0.05, 0) is 29.8 Å². The minimum absolute atomic E-state index is 0.228. The lowest BCUT2D eigenvalue weighted by molar-refractivity contribution is 0.0600. The standard InChI is InChI=1S/C16H16ClNO4/c1-18(15(19)14-8-7-13(9-17)22-14)10-11-3-5-12(6-4-11)16(20)21-2/h3-8H,9-10H2,1-2H3. The first-order valence-corrected chi connectivity index (χ1v) is 7.16. The molecule has 2 rings (SSSR count). The van der Waals surface area contributed by atoms with Gasteiger partial charge in [0.1, 0.15) is 5.76 Å². The number of carbonyl (C=O) groups excluding carboxylic acids is 2. The molecule has 0 radical (unpaired) electrons. The van der Waals surface area contributed by atoms with Gasteiger partial charge in [0.25, 0.3) is 5.91 Å². The lowest BCUT2D eigenvalue weighted by Gasteiger charge is -2.16. The molecule has 0 saturated carbocycles. The smallest absolute Gasteiger partial charge is 0.337 e. The Bertz CT molecular complexity index is 663. The minimum Gasteiger partial charge on any atom is -0.465 e. The molecule has 0 bridgehead atoms. The van der Waals surface area contributed by atoms with Crippen molar-refractivity contribution in [2.24, 2.45) is 0 Å². The van der Waals surface area contributed by atoms with Gasteiger partial charge < -0.3 is 14.1 Å². The zero-order valence-corrected chi connectivity index (χ0v) is 13.1. The van der Waals surface area contributed by atoms with E-state index in [1.165, 1.54) is 12.0 Å². The average molecular weight is 322 g/mol. The molecule has 1 amide bonds. The number of rotatable bonds is 5. The molecule has 0 N–H and O–H groups in total. The number of benzene rings is 1. The van der Waals surface area contributed by atoms with E-state index >= 15 is 0 Å². The zero-order chi connectivity index (χ0) is 16.1. The van der Waals surface area contributed by atoms with Crippen LogP contribution in [0.1, 0.15) is 32.2 Å². The van der Waals surface area contributed by atoms with E-state index in [-0.39, 0.29) is 23.5 Å². The first-order valence-electron chi connectivity index (χ1n) is 6.62. The molecular weight excluding hydrogens is 306 g/mol. The number of ether oxygens (including phenoxy) is 1. The third kappa shape index (κ3) is 3.68. The number of amides is 1. The fourth-order valence-electron chi connectivity index (χ4n) is 1.96. The van der Waals surface area contributed by atoms with E-state index in [0.717, 1.165) is 5.56 Å². The lowest BCUT2D eigenvalue weighted by Crippen LogP contribution is -2.25. The topological polar surface area (TPSA) is 59.8 Å². The zero-order valence-electron chi connectivity index (χ0n) is 12.3. The average Bonchev–Trinajstić information content (AvgIpc) is 3.03. The van der Waals surface area contributed by atoms with E-state index < -0.39 is 0 Å². The van der Waals surface area contributed by atoms with Crippen molar-refractivity contribution in [1.29, 1.82) is 0 Å². The highest BCUT2D eigenvalue weighted by Gasteiger charge is 2.16. The molecule has 1 aromatic heterocycles. The van der Waals surface area contributed by atoms with Crippen LogP contribution in [0.5, 0.6) is 0 Å².